The fourth-order valence-electron chi connectivity index (χ4n) is 1.46. The third-order valence-electron chi connectivity index (χ3n) is 2.31. The minimum Gasteiger partial charge on any atom is -0.493 e. The number of benzene rings is 1. The second kappa shape index (κ2) is 6.26. The maximum absolute atomic E-state index is 10.9. The largest absolute Gasteiger partial charge is 0.493 e. The third-order valence-corrected chi connectivity index (χ3v) is 3.39. The quantitative estimate of drug-likeness (QED) is 0.862. The molecular formula is C11H16ClNO4S. The van der Waals surface area contributed by atoms with Crippen LogP contribution in [0.15, 0.2) is 12.1 Å². The minimum atomic E-state index is -3.18. The molecular weight excluding hydrogens is 278 g/mol. The lowest BCUT2D eigenvalue weighted by molar-refractivity contribution is 0.354. The van der Waals surface area contributed by atoms with E-state index in [4.69, 9.17) is 21.1 Å². The van der Waals surface area contributed by atoms with Crippen LogP contribution >= 0.6 is 11.6 Å². The molecule has 7 heteroatoms. The maximum Gasteiger partial charge on any atom is 0.208 e. The number of hydrogen-bond acceptors (Lipinski definition) is 4. The molecule has 1 aromatic rings. The van der Waals surface area contributed by atoms with Crippen LogP contribution in [0.4, 0.5) is 0 Å². The molecule has 0 atom stereocenters. The van der Waals surface area contributed by atoms with Crippen molar-refractivity contribution in [2.24, 2.45) is 0 Å². The first kappa shape index (κ1) is 15.1. The summed E-state index contributed by atoms with van der Waals surface area (Å²) in [5.41, 5.74) is 0.797. The van der Waals surface area contributed by atoms with Crippen molar-refractivity contribution in [3.8, 4) is 11.5 Å². The standard InChI is InChI=1S/C11H16ClNO4S/c1-16-10-6-8(4-5-13-18(3,14)15)9(12)7-11(10)17-2/h6-7,13H,4-5H2,1-3H3. The van der Waals surface area contributed by atoms with E-state index >= 15 is 0 Å². The van der Waals surface area contributed by atoms with E-state index in [1.165, 1.54) is 14.2 Å². The van der Waals surface area contributed by atoms with Gasteiger partial charge in [0.15, 0.2) is 11.5 Å². The Morgan fingerprint density at radius 1 is 1.22 bits per heavy atom. The summed E-state index contributed by atoms with van der Waals surface area (Å²) in [7, 11) is -0.126. The van der Waals surface area contributed by atoms with Gasteiger partial charge in [0.25, 0.3) is 0 Å². The minimum absolute atomic E-state index is 0.286. The van der Waals surface area contributed by atoms with Gasteiger partial charge in [-0.15, -0.1) is 0 Å². The molecule has 5 nitrogen and oxygen atoms in total. The zero-order valence-corrected chi connectivity index (χ0v) is 12.1. The van der Waals surface area contributed by atoms with Crippen molar-refractivity contribution in [2.45, 2.75) is 6.42 Å². The van der Waals surface area contributed by atoms with E-state index in [9.17, 15) is 8.42 Å². The second-order valence-electron chi connectivity index (χ2n) is 3.72. The third kappa shape index (κ3) is 4.36. The van der Waals surface area contributed by atoms with Crippen molar-refractivity contribution in [3.63, 3.8) is 0 Å². The normalized spacial score (nSPS) is 11.3. The lowest BCUT2D eigenvalue weighted by Gasteiger charge is -2.11. The molecule has 0 spiro atoms. The van der Waals surface area contributed by atoms with Crippen LogP contribution in [-0.2, 0) is 16.4 Å². The number of hydrogen-bond donors (Lipinski definition) is 1. The maximum atomic E-state index is 10.9. The number of rotatable bonds is 6. The van der Waals surface area contributed by atoms with Crippen LogP contribution < -0.4 is 14.2 Å². The van der Waals surface area contributed by atoms with Gasteiger partial charge in [0.05, 0.1) is 20.5 Å². The van der Waals surface area contributed by atoms with Crippen molar-refractivity contribution in [2.75, 3.05) is 27.0 Å². The van der Waals surface area contributed by atoms with E-state index in [2.05, 4.69) is 4.72 Å². The molecule has 18 heavy (non-hydrogen) atoms. The molecule has 0 amide bonds. The molecule has 102 valence electrons. The van der Waals surface area contributed by atoms with Crippen LogP contribution in [-0.4, -0.2) is 35.4 Å². The number of ether oxygens (including phenoxy) is 2. The van der Waals surface area contributed by atoms with Crippen LogP contribution in [0.3, 0.4) is 0 Å². The van der Waals surface area contributed by atoms with E-state index in [1.54, 1.807) is 12.1 Å². The summed E-state index contributed by atoms with van der Waals surface area (Å²) in [5, 5.41) is 0.517. The van der Waals surface area contributed by atoms with E-state index in [-0.39, 0.29) is 6.54 Å². The first-order valence-corrected chi connectivity index (χ1v) is 7.49. The van der Waals surface area contributed by atoms with Gasteiger partial charge in [0.1, 0.15) is 0 Å². The van der Waals surface area contributed by atoms with E-state index in [1.807, 2.05) is 0 Å². The van der Waals surface area contributed by atoms with Crippen LogP contribution in [0.2, 0.25) is 5.02 Å². The summed E-state index contributed by atoms with van der Waals surface area (Å²) in [4.78, 5) is 0. The van der Waals surface area contributed by atoms with Gasteiger partial charge in [0, 0.05) is 17.6 Å². The highest BCUT2D eigenvalue weighted by molar-refractivity contribution is 7.88. The van der Waals surface area contributed by atoms with Gasteiger partial charge in [-0.1, -0.05) is 11.6 Å². The zero-order chi connectivity index (χ0) is 13.8. The Morgan fingerprint density at radius 3 is 2.28 bits per heavy atom. The molecule has 0 radical (unpaired) electrons. The van der Waals surface area contributed by atoms with Gasteiger partial charge in [-0.3, -0.25) is 0 Å². The van der Waals surface area contributed by atoms with Crippen molar-refractivity contribution in [3.05, 3.63) is 22.7 Å². The first-order chi connectivity index (χ1) is 8.37. The molecule has 1 N–H and O–H groups in total. The van der Waals surface area contributed by atoms with Gasteiger partial charge >= 0.3 is 0 Å². The molecule has 0 heterocycles. The average Bonchev–Trinajstić information content (AvgIpc) is 2.29. The Balaban J connectivity index is 2.83. The molecule has 0 fully saturated rings. The predicted octanol–water partition coefficient (Wildman–Crippen LogP) is 1.45. The molecule has 1 rings (SSSR count). The molecule has 0 aromatic heterocycles. The Kier molecular flexibility index (Phi) is 5.25. The van der Waals surface area contributed by atoms with E-state index in [0.29, 0.717) is 22.9 Å². The summed E-state index contributed by atoms with van der Waals surface area (Å²) in [6.45, 7) is 0.286. The monoisotopic (exact) mass is 293 g/mol. The molecule has 1 aromatic carbocycles. The van der Waals surface area contributed by atoms with Crippen LogP contribution in [0.5, 0.6) is 11.5 Å². The van der Waals surface area contributed by atoms with Gasteiger partial charge < -0.3 is 9.47 Å². The van der Waals surface area contributed by atoms with Crippen molar-refractivity contribution in [1.29, 1.82) is 0 Å². The van der Waals surface area contributed by atoms with Crippen molar-refractivity contribution in [1.82, 2.24) is 4.72 Å². The Morgan fingerprint density at radius 2 is 1.78 bits per heavy atom. The molecule has 0 saturated heterocycles. The predicted molar refractivity (Wildman–Crippen MR) is 71.1 cm³/mol. The summed E-state index contributed by atoms with van der Waals surface area (Å²) in [6.07, 6.45) is 1.59. The van der Waals surface area contributed by atoms with Gasteiger partial charge in [0.2, 0.25) is 10.0 Å². The van der Waals surface area contributed by atoms with Gasteiger partial charge in [-0.25, -0.2) is 13.1 Å². The SMILES string of the molecule is COc1cc(Cl)c(CCNS(C)(=O)=O)cc1OC. The molecule has 0 bridgehead atoms. The van der Waals surface area contributed by atoms with Gasteiger partial charge in [-0.2, -0.15) is 0 Å². The summed E-state index contributed by atoms with van der Waals surface area (Å²) in [6, 6.07) is 3.39. The lowest BCUT2D eigenvalue weighted by Crippen LogP contribution is -2.24. The van der Waals surface area contributed by atoms with Crippen molar-refractivity contribution >= 4 is 21.6 Å². The van der Waals surface area contributed by atoms with Crippen LogP contribution in [0, 0.1) is 0 Å². The number of sulfonamides is 1. The highest BCUT2D eigenvalue weighted by Crippen LogP contribution is 2.33. The second-order valence-corrected chi connectivity index (χ2v) is 5.96. The zero-order valence-electron chi connectivity index (χ0n) is 10.5. The molecule has 0 saturated carbocycles. The van der Waals surface area contributed by atoms with Crippen molar-refractivity contribution < 1.29 is 17.9 Å². The fourth-order valence-corrected chi connectivity index (χ4v) is 2.18. The number of halogens is 1. The Bertz CT molecular complexity index is 516. The highest BCUT2D eigenvalue weighted by Gasteiger charge is 2.10. The summed E-state index contributed by atoms with van der Waals surface area (Å²) >= 11 is 6.07. The van der Waals surface area contributed by atoms with Crippen LogP contribution in [0.25, 0.3) is 0 Å². The summed E-state index contributed by atoms with van der Waals surface area (Å²) < 4.78 is 34.6. The Labute approximate surface area is 112 Å². The van der Waals surface area contributed by atoms with E-state index < -0.39 is 10.0 Å². The van der Waals surface area contributed by atoms with Crippen LogP contribution in [0.1, 0.15) is 5.56 Å². The van der Waals surface area contributed by atoms with E-state index in [0.717, 1.165) is 11.8 Å². The molecule has 0 aliphatic heterocycles. The summed E-state index contributed by atoms with van der Waals surface area (Å²) in [5.74, 6) is 1.11. The molecule has 0 unspecified atom stereocenters. The number of methoxy groups -OCH3 is 2. The smallest absolute Gasteiger partial charge is 0.208 e. The molecule has 0 aliphatic rings. The fraction of sp³-hybridized carbons (Fsp3) is 0.455. The Hall–Kier alpha value is -0.980. The molecule has 0 aliphatic carbocycles. The average molecular weight is 294 g/mol. The lowest BCUT2D eigenvalue weighted by atomic mass is 10.1. The highest BCUT2D eigenvalue weighted by atomic mass is 35.5. The number of nitrogens with one attached hydrogen (secondary N) is 1. The topological polar surface area (TPSA) is 64.6 Å². The first-order valence-electron chi connectivity index (χ1n) is 5.22. The van der Waals surface area contributed by atoms with Gasteiger partial charge in [-0.05, 0) is 18.1 Å².